The van der Waals surface area contributed by atoms with Crippen LogP contribution in [0.1, 0.15) is 24.0 Å². The molecule has 0 bridgehead atoms. The molecule has 0 unspecified atom stereocenters. The summed E-state index contributed by atoms with van der Waals surface area (Å²) in [7, 11) is 0. The third-order valence-electron chi connectivity index (χ3n) is 7.64. The Bertz CT molecular complexity index is 1520. The molecule has 0 aliphatic heterocycles. The van der Waals surface area contributed by atoms with Gasteiger partial charge in [-0.2, -0.15) is 0 Å². The monoisotopic (exact) mass is 562 g/mol. The number of aromatic nitrogens is 2. The van der Waals surface area contributed by atoms with Gasteiger partial charge in [0.2, 0.25) is 0 Å². The fourth-order valence-corrected chi connectivity index (χ4v) is 14.2. The Morgan fingerprint density at radius 1 is 0.590 bits per heavy atom. The third kappa shape index (κ3) is 4.42. The Morgan fingerprint density at radius 3 is 1.36 bits per heavy atom. The first kappa shape index (κ1) is 25.7. The number of nitrogens with zero attached hydrogens (tertiary/aromatic N) is 2. The van der Waals surface area contributed by atoms with Crippen molar-refractivity contribution in [1.29, 1.82) is 0 Å². The molecule has 0 saturated heterocycles. The standard InChI is InChI=1S/2C11H8F2N.2C5H5.Ti/c2*12-10-4-3-9(11(13)7-10)8-14-5-1-2-6-14;2*1-2-4-5-3-1;/h2*1-6H,8H2;2*1-3H,4H2;. The van der Waals surface area contributed by atoms with Crippen molar-refractivity contribution < 1.29 is 34.2 Å². The SMILES string of the molecule is Fc1ccc(Cn2cccc2)c(F)[c]1[Ti]([C]1=CC=CC1)([C]1=CC=CC1)[c]1c(F)ccc(Cn2cccc2)c1F. The molecule has 2 heterocycles. The van der Waals surface area contributed by atoms with Crippen LogP contribution in [0, 0.1) is 23.3 Å². The topological polar surface area (TPSA) is 9.86 Å². The van der Waals surface area contributed by atoms with Crippen molar-refractivity contribution in [3.8, 4) is 0 Å². The summed E-state index contributed by atoms with van der Waals surface area (Å²) in [6.45, 7) is 0.356. The van der Waals surface area contributed by atoms with Crippen molar-refractivity contribution in [2.24, 2.45) is 0 Å². The number of rotatable bonds is 8. The molecule has 0 amide bonds. The second-order valence-electron chi connectivity index (χ2n) is 9.90. The number of hydrogen-bond donors (Lipinski definition) is 0. The molecule has 2 aromatic heterocycles. The van der Waals surface area contributed by atoms with E-state index in [-0.39, 0.29) is 32.0 Å². The number of allylic oxidation sites excluding steroid dienone is 8. The van der Waals surface area contributed by atoms with Gasteiger partial charge in [0.1, 0.15) is 0 Å². The average Bonchev–Trinajstić information content (AvgIpc) is 3.76. The van der Waals surface area contributed by atoms with Gasteiger partial charge in [0.15, 0.2) is 0 Å². The molecule has 196 valence electrons. The molecule has 0 N–H and O–H groups in total. The van der Waals surface area contributed by atoms with Crippen LogP contribution in [-0.2, 0) is 29.7 Å². The molecule has 4 aromatic rings. The zero-order valence-corrected chi connectivity index (χ0v) is 22.7. The van der Waals surface area contributed by atoms with E-state index in [0.29, 0.717) is 20.6 Å². The quantitative estimate of drug-likeness (QED) is 0.167. The fourth-order valence-electron chi connectivity index (χ4n) is 5.89. The molecular weight excluding hydrogens is 536 g/mol. The van der Waals surface area contributed by atoms with Crippen LogP contribution in [0.3, 0.4) is 0 Å². The van der Waals surface area contributed by atoms with Gasteiger partial charge >= 0.3 is 229 Å². The summed E-state index contributed by atoms with van der Waals surface area (Å²) in [6, 6.07) is 12.7. The van der Waals surface area contributed by atoms with Gasteiger partial charge in [0, 0.05) is 0 Å². The summed E-state index contributed by atoms with van der Waals surface area (Å²) in [4.78, 5) is 0. The molecule has 0 radical (unpaired) electrons. The van der Waals surface area contributed by atoms with Crippen LogP contribution in [0.2, 0.25) is 0 Å². The van der Waals surface area contributed by atoms with Crippen LogP contribution in [0.4, 0.5) is 17.6 Å². The summed E-state index contributed by atoms with van der Waals surface area (Å²) in [6.07, 6.45) is 19.0. The van der Waals surface area contributed by atoms with Gasteiger partial charge < -0.3 is 0 Å². The van der Waals surface area contributed by atoms with Gasteiger partial charge in [-0.05, 0) is 0 Å². The van der Waals surface area contributed by atoms with E-state index in [1.54, 1.807) is 33.9 Å². The molecule has 0 spiro atoms. The van der Waals surface area contributed by atoms with Gasteiger partial charge in [-0.15, -0.1) is 0 Å². The first-order valence-electron chi connectivity index (χ1n) is 12.9. The summed E-state index contributed by atoms with van der Waals surface area (Å²) in [5.74, 6) is -2.98. The molecule has 2 aromatic carbocycles. The number of halogens is 4. The van der Waals surface area contributed by atoms with E-state index in [2.05, 4.69) is 0 Å². The molecular formula is C32H26F4N2Ti. The molecule has 2 aliphatic rings. The zero-order chi connectivity index (χ0) is 27.0. The van der Waals surface area contributed by atoms with Crippen LogP contribution in [-0.4, -0.2) is 9.13 Å². The summed E-state index contributed by atoms with van der Waals surface area (Å²) >= 11 is -4.82. The average molecular weight is 562 g/mol. The molecule has 2 nitrogen and oxygen atoms in total. The minimum atomic E-state index is -4.82. The van der Waals surface area contributed by atoms with Gasteiger partial charge in [-0.25, -0.2) is 0 Å². The second kappa shape index (κ2) is 10.5. The molecule has 6 rings (SSSR count). The van der Waals surface area contributed by atoms with Crippen molar-refractivity contribution in [3.05, 3.63) is 152 Å². The van der Waals surface area contributed by atoms with Gasteiger partial charge in [0.25, 0.3) is 0 Å². The normalized spacial score (nSPS) is 14.8. The first-order valence-corrected chi connectivity index (χ1v) is 16.0. The van der Waals surface area contributed by atoms with Gasteiger partial charge in [-0.1, -0.05) is 0 Å². The molecule has 7 heteroatoms. The van der Waals surface area contributed by atoms with Crippen molar-refractivity contribution >= 4 is 7.74 Å². The van der Waals surface area contributed by atoms with Crippen LogP contribution in [0.25, 0.3) is 0 Å². The minimum absolute atomic E-state index is 0.166. The Labute approximate surface area is 228 Å². The molecule has 0 fully saturated rings. The molecule has 0 saturated carbocycles. The second-order valence-corrected chi connectivity index (χ2v) is 15.8. The van der Waals surface area contributed by atoms with E-state index in [1.165, 1.54) is 24.3 Å². The van der Waals surface area contributed by atoms with Crippen molar-refractivity contribution in [1.82, 2.24) is 9.13 Å². The van der Waals surface area contributed by atoms with Crippen molar-refractivity contribution in [3.63, 3.8) is 0 Å². The van der Waals surface area contributed by atoms with Crippen LogP contribution in [0.5, 0.6) is 0 Å². The van der Waals surface area contributed by atoms with E-state index < -0.39 is 39.9 Å². The number of benzene rings is 2. The summed E-state index contributed by atoms with van der Waals surface area (Å²) < 4.78 is 70.4. The fraction of sp³-hybridized carbons (Fsp3) is 0.125. The van der Waals surface area contributed by atoms with E-state index >= 15 is 17.6 Å². The predicted molar refractivity (Wildman–Crippen MR) is 143 cm³/mol. The molecule has 0 atom stereocenters. The van der Waals surface area contributed by atoms with E-state index in [4.69, 9.17) is 0 Å². The zero-order valence-electron chi connectivity index (χ0n) is 21.1. The third-order valence-corrected chi connectivity index (χ3v) is 15.6. The molecule has 2 aliphatic carbocycles. The Balaban J connectivity index is 1.66. The van der Waals surface area contributed by atoms with Gasteiger partial charge in [0.05, 0.1) is 0 Å². The van der Waals surface area contributed by atoms with Crippen LogP contribution >= 0.6 is 0 Å². The maximum absolute atomic E-state index is 16.7. The first-order chi connectivity index (χ1) is 19.0. The van der Waals surface area contributed by atoms with E-state index in [1.807, 2.05) is 60.7 Å². The van der Waals surface area contributed by atoms with Crippen molar-refractivity contribution in [2.45, 2.75) is 25.9 Å². The Kier molecular flexibility index (Phi) is 6.92. The Hall–Kier alpha value is -3.61. The van der Waals surface area contributed by atoms with Gasteiger partial charge in [-0.3, -0.25) is 0 Å². The Morgan fingerprint density at radius 2 is 1.00 bits per heavy atom. The van der Waals surface area contributed by atoms with E-state index in [9.17, 15) is 0 Å². The summed E-state index contributed by atoms with van der Waals surface area (Å²) in [5.41, 5.74) is 0.556. The van der Waals surface area contributed by atoms with E-state index in [0.717, 1.165) is 0 Å². The van der Waals surface area contributed by atoms with Crippen molar-refractivity contribution in [2.75, 3.05) is 0 Å². The molecule has 39 heavy (non-hydrogen) atoms. The predicted octanol–water partition coefficient (Wildman–Crippen LogP) is 6.73. The number of hydrogen-bond acceptors (Lipinski definition) is 0. The maximum atomic E-state index is 16.7. The summed E-state index contributed by atoms with van der Waals surface area (Å²) in [5, 5.41) is 0. The van der Waals surface area contributed by atoms with Crippen LogP contribution < -0.4 is 7.74 Å². The van der Waals surface area contributed by atoms with Crippen LogP contribution in [0.15, 0.2) is 118 Å².